The molecule has 0 saturated carbocycles. The van der Waals surface area contributed by atoms with Gasteiger partial charge in [-0.15, -0.1) is 0 Å². The molecule has 0 spiro atoms. The van der Waals surface area contributed by atoms with Crippen molar-refractivity contribution in [3.05, 3.63) is 35.9 Å². The van der Waals surface area contributed by atoms with Crippen LogP contribution in [0.3, 0.4) is 0 Å². The van der Waals surface area contributed by atoms with Crippen LogP contribution in [0.5, 0.6) is 0 Å². The van der Waals surface area contributed by atoms with Crippen molar-refractivity contribution in [3.8, 4) is 0 Å². The van der Waals surface area contributed by atoms with Crippen molar-refractivity contribution in [2.45, 2.75) is 45.6 Å². The van der Waals surface area contributed by atoms with E-state index in [0.29, 0.717) is 0 Å². The minimum atomic E-state index is -2.01. The van der Waals surface area contributed by atoms with Crippen molar-refractivity contribution in [1.29, 1.82) is 0 Å². The van der Waals surface area contributed by atoms with Gasteiger partial charge in [0.15, 0.2) is 5.41 Å². The Bertz CT molecular complexity index is 685. The summed E-state index contributed by atoms with van der Waals surface area (Å²) >= 11 is 0. The highest BCUT2D eigenvalue weighted by Gasteiger charge is 2.60. The molecule has 1 aromatic rings. The monoisotopic (exact) mass is 364 g/mol. The zero-order valence-electron chi connectivity index (χ0n) is 15.1. The Morgan fingerprint density at radius 2 is 1.88 bits per heavy atom. The van der Waals surface area contributed by atoms with E-state index in [2.05, 4.69) is 0 Å². The third-order valence-corrected chi connectivity index (χ3v) is 4.17. The van der Waals surface area contributed by atoms with Crippen molar-refractivity contribution >= 4 is 18.0 Å². The summed E-state index contributed by atoms with van der Waals surface area (Å²) in [6.07, 6.45) is -2.29. The number of carboxylic acids is 1. The van der Waals surface area contributed by atoms with Crippen molar-refractivity contribution in [2.24, 2.45) is 11.1 Å². The summed E-state index contributed by atoms with van der Waals surface area (Å²) in [5, 5.41) is 9.65. The number of aliphatic carboxylic acids is 1. The first-order valence-corrected chi connectivity index (χ1v) is 8.27. The van der Waals surface area contributed by atoms with Crippen molar-refractivity contribution in [2.75, 3.05) is 6.54 Å². The fraction of sp³-hybridized carbons (Fsp3) is 0.500. The van der Waals surface area contributed by atoms with Gasteiger partial charge in [0.05, 0.1) is 0 Å². The molecular weight excluding hydrogens is 340 g/mol. The molecule has 0 bridgehead atoms. The van der Waals surface area contributed by atoms with Crippen LogP contribution in [-0.2, 0) is 25.7 Å². The van der Waals surface area contributed by atoms with E-state index in [0.717, 1.165) is 10.5 Å². The number of benzene rings is 1. The summed E-state index contributed by atoms with van der Waals surface area (Å²) in [7, 11) is 0. The number of nitrogens with two attached hydrogens (primary N) is 1. The second-order valence-electron chi connectivity index (χ2n) is 7.21. The first kappa shape index (κ1) is 19.7. The van der Waals surface area contributed by atoms with E-state index in [1.807, 2.05) is 18.2 Å². The summed E-state index contributed by atoms with van der Waals surface area (Å²) in [4.78, 5) is 37.8. The maximum atomic E-state index is 12.5. The fourth-order valence-electron chi connectivity index (χ4n) is 2.77. The van der Waals surface area contributed by atoms with Gasteiger partial charge in [-0.05, 0) is 32.8 Å². The third-order valence-electron chi connectivity index (χ3n) is 4.17. The minimum Gasteiger partial charge on any atom is -0.480 e. The Morgan fingerprint density at radius 1 is 1.27 bits per heavy atom. The second-order valence-corrected chi connectivity index (χ2v) is 7.21. The zero-order valence-corrected chi connectivity index (χ0v) is 15.1. The van der Waals surface area contributed by atoms with E-state index in [9.17, 15) is 19.5 Å². The van der Waals surface area contributed by atoms with Crippen molar-refractivity contribution in [3.63, 3.8) is 0 Å². The van der Waals surface area contributed by atoms with Gasteiger partial charge in [-0.25, -0.2) is 4.79 Å². The number of esters is 1. The number of ether oxygens (including phenoxy) is 2. The average molecular weight is 364 g/mol. The van der Waals surface area contributed by atoms with Crippen LogP contribution in [0.4, 0.5) is 4.79 Å². The number of carbonyl (C=O) groups is 3. The number of carboxylic acid groups (broad SMARTS) is 1. The standard InChI is InChI=1S/C18H24N2O6/c1-17(2,3)26-15(23)18(14(21)22)9-10-20(13(18)19)16(24)25-11-12-7-5-4-6-8-12/h4-8,13H,9-11,19H2,1-3H3,(H,21,22). The maximum Gasteiger partial charge on any atom is 0.411 e. The second kappa shape index (κ2) is 7.33. The third kappa shape index (κ3) is 3.96. The summed E-state index contributed by atoms with van der Waals surface area (Å²) in [6.45, 7) is 4.90. The van der Waals surface area contributed by atoms with Gasteiger partial charge in [-0.3, -0.25) is 14.5 Å². The predicted octanol–water partition coefficient (Wildman–Crippen LogP) is 1.73. The van der Waals surface area contributed by atoms with E-state index in [1.165, 1.54) is 0 Å². The number of hydrogen-bond donors (Lipinski definition) is 2. The molecule has 26 heavy (non-hydrogen) atoms. The largest absolute Gasteiger partial charge is 0.480 e. The molecule has 1 aromatic carbocycles. The Hall–Kier alpha value is -2.61. The quantitative estimate of drug-likeness (QED) is 0.617. The van der Waals surface area contributed by atoms with Crippen LogP contribution in [0.1, 0.15) is 32.8 Å². The maximum absolute atomic E-state index is 12.5. The number of carbonyl (C=O) groups excluding carboxylic acids is 2. The molecule has 2 unspecified atom stereocenters. The number of likely N-dealkylation sites (tertiary alicyclic amines) is 1. The highest BCUT2D eigenvalue weighted by Crippen LogP contribution is 2.37. The normalized spacial score (nSPS) is 22.8. The summed E-state index contributed by atoms with van der Waals surface area (Å²) < 4.78 is 10.4. The topological polar surface area (TPSA) is 119 Å². The Morgan fingerprint density at radius 3 is 2.42 bits per heavy atom. The van der Waals surface area contributed by atoms with Crippen LogP contribution in [-0.4, -0.2) is 46.3 Å². The van der Waals surface area contributed by atoms with Crippen LogP contribution >= 0.6 is 0 Å². The fourth-order valence-corrected chi connectivity index (χ4v) is 2.77. The smallest absolute Gasteiger partial charge is 0.411 e. The minimum absolute atomic E-state index is 0.0136. The molecular formula is C18H24N2O6. The molecule has 8 nitrogen and oxygen atoms in total. The van der Waals surface area contributed by atoms with Gasteiger partial charge in [-0.1, -0.05) is 30.3 Å². The SMILES string of the molecule is CC(C)(C)OC(=O)C1(C(=O)O)CCN(C(=O)OCc2ccccc2)C1N. The van der Waals surface area contributed by atoms with Gasteiger partial charge in [-0.2, -0.15) is 0 Å². The molecule has 3 N–H and O–H groups in total. The number of nitrogens with zero attached hydrogens (tertiary/aromatic N) is 1. The molecule has 0 aromatic heterocycles. The van der Waals surface area contributed by atoms with E-state index >= 15 is 0 Å². The first-order valence-electron chi connectivity index (χ1n) is 8.27. The average Bonchev–Trinajstić information content (AvgIpc) is 2.90. The first-order chi connectivity index (χ1) is 12.1. The highest BCUT2D eigenvalue weighted by molar-refractivity contribution is 6.01. The van der Waals surface area contributed by atoms with Gasteiger partial charge in [0.25, 0.3) is 0 Å². The van der Waals surface area contributed by atoms with E-state index in [4.69, 9.17) is 15.2 Å². The van der Waals surface area contributed by atoms with Crippen LogP contribution < -0.4 is 5.73 Å². The van der Waals surface area contributed by atoms with Gasteiger partial charge >= 0.3 is 18.0 Å². The molecule has 8 heteroatoms. The molecule has 2 rings (SSSR count). The lowest BCUT2D eigenvalue weighted by Gasteiger charge is -2.32. The van der Waals surface area contributed by atoms with E-state index in [-0.39, 0.29) is 19.6 Å². The van der Waals surface area contributed by atoms with Crippen LogP contribution in [0, 0.1) is 5.41 Å². The molecule has 1 heterocycles. The van der Waals surface area contributed by atoms with Gasteiger partial charge in [0, 0.05) is 6.54 Å². The lowest BCUT2D eigenvalue weighted by atomic mass is 9.84. The molecule has 1 aliphatic heterocycles. The lowest BCUT2D eigenvalue weighted by Crippen LogP contribution is -2.57. The van der Waals surface area contributed by atoms with Crippen molar-refractivity contribution in [1.82, 2.24) is 4.90 Å². The lowest BCUT2D eigenvalue weighted by molar-refractivity contribution is -0.178. The number of hydrogen-bond acceptors (Lipinski definition) is 6. The van der Waals surface area contributed by atoms with Crippen LogP contribution in [0.2, 0.25) is 0 Å². The predicted molar refractivity (Wildman–Crippen MR) is 91.8 cm³/mol. The van der Waals surface area contributed by atoms with E-state index in [1.54, 1.807) is 32.9 Å². The summed E-state index contributed by atoms with van der Waals surface area (Å²) in [5.41, 5.74) is 3.89. The molecule has 1 fully saturated rings. The molecule has 1 saturated heterocycles. The van der Waals surface area contributed by atoms with Crippen LogP contribution in [0.25, 0.3) is 0 Å². The Labute approximate surface area is 151 Å². The molecule has 1 aliphatic rings. The molecule has 0 radical (unpaired) electrons. The van der Waals surface area contributed by atoms with Crippen molar-refractivity contribution < 1.29 is 29.0 Å². The molecule has 1 amide bonds. The van der Waals surface area contributed by atoms with E-state index < -0.39 is 35.2 Å². The van der Waals surface area contributed by atoms with Crippen LogP contribution in [0.15, 0.2) is 30.3 Å². The molecule has 0 aliphatic carbocycles. The summed E-state index contributed by atoms with van der Waals surface area (Å²) in [6, 6.07) is 9.04. The van der Waals surface area contributed by atoms with Gasteiger partial charge in [0.2, 0.25) is 0 Å². The Kier molecular flexibility index (Phi) is 5.56. The van der Waals surface area contributed by atoms with Gasteiger partial charge in [0.1, 0.15) is 18.4 Å². The molecule has 142 valence electrons. The molecule has 2 atom stereocenters. The zero-order chi connectivity index (χ0) is 19.5. The summed E-state index contributed by atoms with van der Waals surface area (Å²) in [5.74, 6) is -2.37. The van der Waals surface area contributed by atoms with Gasteiger partial charge < -0.3 is 20.3 Å². The highest BCUT2D eigenvalue weighted by atomic mass is 16.6. The number of rotatable bonds is 4. The Balaban J connectivity index is 2.12. The number of amides is 1.